The van der Waals surface area contributed by atoms with Gasteiger partial charge in [0.05, 0.1) is 11.5 Å². The van der Waals surface area contributed by atoms with E-state index in [9.17, 15) is 14.4 Å². The smallest absolute Gasteiger partial charge is 0.338 e. The number of carbonyl (C=O) groups excluding carboxylic acids is 3. The van der Waals surface area contributed by atoms with E-state index in [1.807, 2.05) is 12.1 Å². The predicted octanol–water partition coefficient (Wildman–Crippen LogP) is 11.2. The van der Waals surface area contributed by atoms with Crippen molar-refractivity contribution in [2.75, 3.05) is 39.5 Å². The van der Waals surface area contributed by atoms with Crippen LogP contribution in [0.1, 0.15) is 179 Å². The molecule has 0 saturated carbocycles. The number of carbonyl (C=O) groups is 3. The fourth-order valence-electron chi connectivity index (χ4n) is 6.31. The van der Waals surface area contributed by atoms with Crippen LogP contribution in [0, 0.1) is 5.92 Å². The molecule has 0 amide bonds. The highest BCUT2D eigenvalue weighted by Crippen LogP contribution is 2.30. The zero-order valence-electron chi connectivity index (χ0n) is 34.8. The Balaban J connectivity index is 1.79. The lowest BCUT2D eigenvalue weighted by Crippen LogP contribution is -2.27. The average Bonchev–Trinajstić information content (AvgIpc) is 3.63. The molecule has 0 N–H and O–H groups in total. The highest BCUT2D eigenvalue weighted by atomic mass is 16.6. The van der Waals surface area contributed by atoms with Crippen LogP contribution in [0.5, 0.6) is 0 Å². The molecule has 1 aliphatic rings. The van der Waals surface area contributed by atoms with Crippen molar-refractivity contribution in [2.45, 2.75) is 168 Å². The number of benzene rings is 1. The van der Waals surface area contributed by atoms with E-state index in [4.69, 9.17) is 14.2 Å². The van der Waals surface area contributed by atoms with Gasteiger partial charge in [0.25, 0.3) is 0 Å². The van der Waals surface area contributed by atoms with Gasteiger partial charge in [0.1, 0.15) is 19.8 Å². The first kappa shape index (κ1) is 46.2. The van der Waals surface area contributed by atoms with E-state index in [2.05, 4.69) is 83.7 Å². The number of likely N-dealkylation sites (tertiary alicyclic amines) is 1. The summed E-state index contributed by atoms with van der Waals surface area (Å²) >= 11 is 0. The van der Waals surface area contributed by atoms with Crippen molar-refractivity contribution in [2.24, 2.45) is 5.92 Å². The lowest BCUT2D eigenvalue weighted by molar-refractivity contribution is -0.150. The number of hydrogen-bond acceptors (Lipinski definition) is 7. The van der Waals surface area contributed by atoms with Crippen molar-refractivity contribution in [3.63, 3.8) is 0 Å². The minimum absolute atomic E-state index is 0.0112. The number of rotatable bonds is 26. The third-order valence-corrected chi connectivity index (χ3v) is 9.95. The van der Waals surface area contributed by atoms with Gasteiger partial charge in [0.15, 0.2) is 0 Å². The summed E-state index contributed by atoms with van der Waals surface area (Å²) < 4.78 is 17.0. The second-order valence-electron chi connectivity index (χ2n) is 17.1. The number of esters is 3. The summed E-state index contributed by atoms with van der Waals surface area (Å²) in [4.78, 5) is 41.0. The Labute approximate surface area is 323 Å². The van der Waals surface area contributed by atoms with Gasteiger partial charge in [-0.15, -0.1) is 0 Å². The molecule has 1 saturated heterocycles. The Morgan fingerprint density at radius 2 is 1.13 bits per heavy atom. The van der Waals surface area contributed by atoms with Gasteiger partial charge in [-0.05, 0) is 112 Å². The van der Waals surface area contributed by atoms with Crippen molar-refractivity contribution in [3.05, 3.63) is 59.2 Å². The van der Waals surface area contributed by atoms with Gasteiger partial charge in [0.2, 0.25) is 0 Å². The Morgan fingerprint density at radius 1 is 0.642 bits per heavy atom. The summed E-state index contributed by atoms with van der Waals surface area (Å²) in [6.07, 6.45) is 26.7. The molecule has 53 heavy (non-hydrogen) atoms. The lowest BCUT2D eigenvalue weighted by atomic mass is 9.79. The monoisotopic (exact) mass is 738 g/mol. The highest BCUT2D eigenvalue weighted by molar-refractivity contribution is 5.90. The Morgan fingerprint density at radius 3 is 1.68 bits per heavy atom. The average molecular weight is 738 g/mol. The van der Waals surface area contributed by atoms with Gasteiger partial charge in [0, 0.05) is 12.8 Å². The van der Waals surface area contributed by atoms with Crippen molar-refractivity contribution in [1.29, 1.82) is 0 Å². The first-order valence-corrected chi connectivity index (χ1v) is 21.0. The summed E-state index contributed by atoms with van der Waals surface area (Å²) in [6.45, 7) is 18.2. The molecule has 0 bridgehead atoms. The zero-order chi connectivity index (χ0) is 39.0. The molecule has 1 atom stereocenters. The van der Waals surface area contributed by atoms with Crippen LogP contribution in [0.4, 0.5) is 0 Å². The second kappa shape index (κ2) is 26.0. The molecule has 0 aliphatic carbocycles. The van der Waals surface area contributed by atoms with Crippen molar-refractivity contribution in [3.8, 4) is 0 Å². The number of ether oxygens (including phenoxy) is 3. The normalized spacial score (nSPS) is 14.6. The fraction of sp³-hybridized carbons (Fsp3) is 0.717. The van der Waals surface area contributed by atoms with Gasteiger partial charge < -0.3 is 19.1 Å². The molecular weight excluding hydrogens is 663 g/mol. The third kappa shape index (κ3) is 21.5. The van der Waals surface area contributed by atoms with E-state index in [0.29, 0.717) is 18.4 Å². The fourth-order valence-corrected chi connectivity index (χ4v) is 6.31. The van der Waals surface area contributed by atoms with E-state index >= 15 is 0 Å². The van der Waals surface area contributed by atoms with Crippen LogP contribution in [-0.4, -0.2) is 62.3 Å². The maximum Gasteiger partial charge on any atom is 0.338 e. The minimum Gasteiger partial charge on any atom is -0.465 e. The Kier molecular flexibility index (Phi) is 22.7. The number of allylic oxidation sites excluding steroid dienone is 4. The van der Waals surface area contributed by atoms with Crippen LogP contribution in [-0.2, 0) is 34.6 Å². The summed E-state index contributed by atoms with van der Waals surface area (Å²) in [6, 6.07) is 5.97. The molecule has 0 aromatic heterocycles. The summed E-state index contributed by atoms with van der Waals surface area (Å²) in [7, 11) is 0. The van der Waals surface area contributed by atoms with Crippen LogP contribution in [0.2, 0.25) is 0 Å². The number of unbranched alkanes of at least 4 members (excludes halogenated alkanes) is 9. The van der Waals surface area contributed by atoms with Gasteiger partial charge in [-0.2, -0.15) is 0 Å². The number of nitrogens with zero attached hydrogens (tertiary/aromatic N) is 1. The van der Waals surface area contributed by atoms with E-state index in [1.54, 1.807) is 0 Å². The van der Waals surface area contributed by atoms with E-state index in [0.717, 1.165) is 69.3 Å². The predicted molar refractivity (Wildman–Crippen MR) is 218 cm³/mol. The number of hydrogen-bond donors (Lipinski definition) is 0. The molecule has 7 heteroatoms. The van der Waals surface area contributed by atoms with Crippen LogP contribution >= 0.6 is 0 Å². The maximum absolute atomic E-state index is 13.4. The standard InChI is InChI=1S/C46H75NO6/c1-8-9-10-11-12-13-14-15-16-17-18-19-20-21-22-23-27-42(48)51-35-38(36-52-43(49)28-26-31-47-29-24-25-30-47)37-53-44(50)39-32-40(45(2,3)4)34-41(33-39)46(5,6)7/h12-13,15-16,32-34,38H,8-11,14,17-31,35-37H2,1-7H3/b13-12-,16-15-. The summed E-state index contributed by atoms with van der Waals surface area (Å²) in [5.74, 6) is -1.43. The summed E-state index contributed by atoms with van der Waals surface area (Å²) in [5, 5.41) is 0. The van der Waals surface area contributed by atoms with Crippen LogP contribution in [0.25, 0.3) is 0 Å². The van der Waals surface area contributed by atoms with Crippen molar-refractivity contribution in [1.82, 2.24) is 4.90 Å². The Hall–Kier alpha value is -2.93. The SMILES string of the molecule is CCCCC/C=C\C/C=C\CCCCCCCCC(=O)OCC(COC(=O)CCCN1CCCC1)COC(=O)c1cc(C(C)(C)C)cc(C(C)(C)C)c1. The van der Waals surface area contributed by atoms with Gasteiger partial charge in [-0.25, -0.2) is 4.79 Å². The molecule has 0 radical (unpaired) electrons. The van der Waals surface area contributed by atoms with Crippen LogP contribution < -0.4 is 0 Å². The topological polar surface area (TPSA) is 82.1 Å². The van der Waals surface area contributed by atoms with Crippen LogP contribution in [0.15, 0.2) is 42.5 Å². The summed E-state index contributed by atoms with van der Waals surface area (Å²) in [5.41, 5.74) is 2.34. The lowest BCUT2D eigenvalue weighted by Gasteiger charge is -2.26. The molecule has 0 spiro atoms. The van der Waals surface area contributed by atoms with E-state index in [-0.39, 0.29) is 42.6 Å². The van der Waals surface area contributed by atoms with Gasteiger partial charge in [-0.1, -0.05) is 117 Å². The molecule has 7 nitrogen and oxygen atoms in total. The van der Waals surface area contributed by atoms with E-state index < -0.39 is 11.9 Å². The Bertz CT molecular complexity index is 1220. The van der Waals surface area contributed by atoms with Gasteiger partial charge in [-0.3, -0.25) is 9.59 Å². The van der Waals surface area contributed by atoms with Crippen LogP contribution in [0.3, 0.4) is 0 Å². The van der Waals surface area contributed by atoms with E-state index in [1.165, 1.54) is 57.8 Å². The van der Waals surface area contributed by atoms with Crippen molar-refractivity contribution < 1.29 is 28.6 Å². The van der Waals surface area contributed by atoms with Gasteiger partial charge >= 0.3 is 17.9 Å². The molecule has 300 valence electrons. The molecule has 1 aromatic rings. The first-order valence-electron chi connectivity index (χ1n) is 21.0. The molecule has 1 aromatic carbocycles. The molecule has 1 unspecified atom stereocenters. The maximum atomic E-state index is 13.4. The molecule has 2 rings (SSSR count). The minimum atomic E-state index is -0.450. The van der Waals surface area contributed by atoms with Crippen molar-refractivity contribution >= 4 is 17.9 Å². The largest absolute Gasteiger partial charge is 0.465 e. The molecular formula is C46H75NO6. The molecule has 1 heterocycles. The molecule has 1 aliphatic heterocycles. The second-order valence-corrected chi connectivity index (χ2v) is 17.1. The first-order chi connectivity index (χ1) is 25.3. The quantitative estimate of drug-likeness (QED) is 0.0405. The highest BCUT2D eigenvalue weighted by Gasteiger charge is 2.24. The molecule has 1 fully saturated rings. The zero-order valence-corrected chi connectivity index (χ0v) is 34.8. The third-order valence-electron chi connectivity index (χ3n) is 9.95.